The van der Waals surface area contributed by atoms with Crippen molar-refractivity contribution in [3.63, 3.8) is 0 Å². The van der Waals surface area contributed by atoms with Crippen LogP contribution in [0.1, 0.15) is 10.4 Å². The smallest absolute Gasteiger partial charge is 0.744 e. The van der Waals surface area contributed by atoms with Gasteiger partial charge in [-0.3, -0.25) is 4.79 Å². The van der Waals surface area contributed by atoms with Gasteiger partial charge in [-0.2, -0.15) is 0 Å². The summed E-state index contributed by atoms with van der Waals surface area (Å²) in [6.07, 6.45) is 0. The molecule has 0 spiro atoms. The van der Waals surface area contributed by atoms with Gasteiger partial charge < -0.3 is 19.0 Å². The van der Waals surface area contributed by atoms with Crippen LogP contribution in [0.15, 0.2) is 69.3 Å². The van der Waals surface area contributed by atoms with Crippen molar-refractivity contribution in [3.8, 4) is 0 Å². The number of fused-ring (bicyclic) bond motifs is 1. The molecule has 164 valence electrons. The van der Waals surface area contributed by atoms with Gasteiger partial charge in [-0.1, -0.05) is 18.2 Å². The zero-order valence-electron chi connectivity index (χ0n) is 18.0. The molecule has 0 saturated carbocycles. The normalized spacial score (nSPS) is 11.5. The van der Waals surface area contributed by atoms with E-state index in [1.54, 1.807) is 6.07 Å². The number of anilines is 1. The van der Waals surface area contributed by atoms with Crippen LogP contribution in [0.5, 0.6) is 0 Å². The van der Waals surface area contributed by atoms with Gasteiger partial charge >= 0.3 is 88.7 Å². The first kappa shape index (κ1) is 34.1. The fourth-order valence-electron chi connectivity index (χ4n) is 2.84. The standard InChI is InChI=1S/C17H13NO10S3.3Na/c19-17(10-4-2-1-3-5-10)18-13-6-7-14(30(23,24)25)12-8-11(29(20,21)22)9-15(16(12)13)31(26,27)28;;;/h1-9H,(H,18,19)(H,20,21,22)(H,23,24,25)(H,26,27,28);;;/q;3*+1/p-3. The molecule has 3 rings (SSSR count). The Morgan fingerprint density at radius 1 is 0.676 bits per heavy atom. The van der Waals surface area contributed by atoms with Crippen LogP contribution in [0, 0.1) is 0 Å². The van der Waals surface area contributed by atoms with E-state index < -0.39 is 67.4 Å². The van der Waals surface area contributed by atoms with Crippen LogP contribution >= 0.6 is 0 Å². The van der Waals surface area contributed by atoms with Crippen molar-refractivity contribution in [2.75, 3.05) is 5.32 Å². The molecule has 0 aliphatic rings. The maximum atomic E-state index is 12.5. The van der Waals surface area contributed by atoms with Gasteiger partial charge in [0, 0.05) is 16.3 Å². The minimum absolute atomic E-state index is 0. The SMILES string of the molecule is O=C(Nc1ccc(S(=O)(=O)[O-])c2cc(S(=O)(=O)[O-])cc(S(=O)(=O)[O-])c12)c1ccccc1.[Na+].[Na+].[Na+]. The molecule has 1 amide bonds. The monoisotopic (exact) mass is 553 g/mol. The molecule has 1 N–H and O–H groups in total. The van der Waals surface area contributed by atoms with Crippen molar-refractivity contribution in [1.82, 2.24) is 0 Å². The second-order valence-electron chi connectivity index (χ2n) is 6.14. The second kappa shape index (κ2) is 12.6. The molecular formula is C17H10NNa3O10S3. The predicted molar refractivity (Wildman–Crippen MR) is 102 cm³/mol. The molecule has 0 aliphatic heterocycles. The van der Waals surface area contributed by atoms with Gasteiger partial charge in [0.1, 0.15) is 30.4 Å². The minimum Gasteiger partial charge on any atom is -0.744 e. The summed E-state index contributed by atoms with van der Waals surface area (Å²) in [5.74, 6) is -0.783. The van der Waals surface area contributed by atoms with Gasteiger partial charge in [0.25, 0.3) is 5.91 Å². The van der Waals surface area contributed by atoms with E-state index in [9.17, 15) is 43.7 Å². The Hall–Kier alpha value is 0.120. The summed E-state index contributed by atoms with van der Waals surface area (Å²) < 4.78 is 105. The summed E-state index contributed by atoms with van der Waals surface area (Å²) in [7, 11) is -16.2. The second-order valence-corrected chi connectivity index (χ2v) is 10.2. The minimum atomic E-state index is -5.50. The van der Waals surface area contributed by atoms with Crippen molar-refractivity contribution in [2.45, 2.75) is 14.7 Å². The van der Waals surface area contributed by atoms with Gasteiger partial charge in [0.15, 0.2) is 0 Å². The summed E-state index contributed by atoms with van der Waals surface area (Å²) in [5, 5.41) is 0.724. The Balaban J connectivity index is 0.00000363. The number of carbonyl (C=O) groups is 1. The van der Waals surface area contributed by atoms with E-state index in [0.29, 0.717) is 12.1 Å². The Labute approximate surface area is 261 Å². The average Bonchev–Trinajstić information content (AvgIpc) is 2.65. The van der Waals surface area contributed by atoms with Crippen LogP contribution in [-0.4, -0.2) is 44.8 Å². The van der Waals surface area contributed by atoms with Gasteiger partial charge in [-0.25, -0.2) is 25.3 Å². The maximum Gasteiger partial charge on any atom is 1.00 e. The predicted octanol–water partition coefficient (Wildman–Crippen LogP) is -8.18. The van der Waals surface area contributed by atoms with E-state index in [2.05, 4.69) is 5.32 Å². The van der Waals surface area contributed by atoms with E-state index in [1.807, 2.05) is 0 Å². The molecule has 3 aromatic carbocycles. The number of amides is 1. The third-order valence-corrected chi connectivity index (χ3v) is 6.69. The molecule has 17 heteroatoms. The van der Waals surface area contributed by atoms with E-state index in [1.165, 1.54) is 24.3 Å². The van der Waals surface area contributed by atoms with Gasteiger partial charge in [0.2, 0.25) is 0 Å². The van der Waals surface area contributed by atoms with Crippen LogP contribution in [-0.2, 0) is 30.4 Å². The van der Waals surface area contributed by atoms with E-state index in [0.717, 1.165) is 6.07 Å². The summed E-state index contributed by atoms with van der Waals surface area (Å²) in [6, 6.07) is 9.73. The molecule has 11 nitrogen and oxygen atoms in total. The van der Waals surface area contributed by atoms with Crippen LogP contribution in [0.4, 0.5) is 5.69 Å². The third-order valence-electron chi connectivity index (χ3n) is 4.12. The van der Waals surface area contributed by atoms with Crippen LogP contribution in [0.25, 0.3) is 10.8 Å². The summed E-state index contributed by atoms with van der Waals surface area (Å²) in [4.78, 5) is 8.83. The van der Waals surface area contributed by atoms with E-state index in [4.69, 9.17) is 0 Å². The first-order valence-corrected chi connectivity index (χ1v) is 12.3. The van der Waals surface area contributed by atoms with Crippen molar-refractivity contribution in [3.05, 3.63) is 60.2 Å². The Bertz CT molecular complexity index is 1540. The molecule has 0 radical (unpaired) electrons. The molecule has 0 aliphatic carbocycles. The van der Waals surface area contributed by atoms with Crippen molar-refractivity contribution in [2.24, 2.45) is 0 Å². The van der Waals surface area contributed by atoms with Crippen LogP contribution < -0.4 is 94.0 Å². The number of rotatable bonds is 5. The molecule has 34 heavy (non-hydrogen) atoms. The molecule has 0 aromatic heterocycles. The number of nitrogens with one attached hydrogen (secondary N) is 1. The number of carbonyl (C=O) groups excluding carboxylic acids is 1. The molecule has 0 atom stereocenters. The van der Waals surface area contributed by atoms with Crippen molar-refractivity contribution < 1.29 is 132 Å². The third kappa shape index (κ3) is 7.81. The Kier molecular flexibility index (Phi) is 12.6. The number of hydrogen-bond donors (Lipinski definition) is 1. The Morgan fingerprint density at radius 3 is 1.68 bits per heavy atom. The van der Waals surface area contributed by atoms with Gasteiger partial charge in [-0.15, -0.1) is 0 Å². The topological polar surface area (TPSA) is 201 Å². The van der Waals surface area contributed by atoms with E-state index >= 15 is 0 Å². The fraction of sp³-hybridized carbons (Fsp3) is 0. The Morgan fingerprint density at radius 2 is 1.21 bits per heavy atom. The van der Waals surface area contributed by atoms with Crippen molar-refractivity contribution in [1.29, 1.82) is 0 Å². The number of benzene rings is 3. The molecular weight excluding hydrogens is 543 g/mol. The van der Waals surface area contributed by atoms with Crippen molar-refractivity contribution >= 4 is 52.7 Å². The van der Waals surface area contributed by atoms with Crippen LogP contribution in [0.3, 0.4) is 0 Å². The molecule has 0 bridgehead atoms. The van der Waals surface area contributed by atoms with Gasteiger partial charge in [0.05, 0.1) is 20.4 Å². The summed E-state index contributed by atoms with van der Waals surface area (Å²) >= 11 is 0. The van der Waals surface area contributed by atoms with E-state index in [-0.39, 0.29) is 100 Å². The quantitative estimate of drug-likeness (QED) is 0.234. The zero-order chi connectivity index (χ0) is 23.2. The first-order chi connectivity index (χ1) is 14.2. The first-order valence-electron chi connectivity index (χ1n) is 8.04. The molecule has 0 fully saturated rings. The largest absolute Gasteiger partial charge is 1.00 e. The molecule has 0 heterocycles. The molecule has 3 aromatic rings. The maximum absolute atomic E-state index is 12.5. The van der Waals surface area contributed by atoms with Crippen LogP contribution in [0.2, 0.25) is 0 Å². The molecule has 0 unspecified atom stereocenters. The zero-order valence-corrected chi connectivity index (χ0v) is 26.5. The molecule has 0 saturated heterocycles. The number of hydrogen-bond acceptors (Lipinski definition) is 10. The van der Waals surface area contributed by atoms with Gasteiger partial charge in [-0.05, 0) is 36.4 Å². The summed E-state index contributed by atoms with van der Waals surface area (Å²) in [5.41, 5.74) is -0.290. The average molecular weight is 553 g/mol. The fourth-order valence-corrected chi connectivity index (χ4v) is 4.85. The summed E-state index contributed by atoms with van der Waals surface area (Å²) in [6.45, 7) is 0.